The summed E-state index contributed by atoms with van der Waals surface area (Å²) in [5.41, 5.74) is 4.29. The molecule has 2 aliphatic rings. The molecule has 25 heavy (non-hydrogen) atoms. The number of aromatic nitrogens is 2. The van der Waals surface area contributed by atoms with Gasteiger partial charge in [0.15, 0.2) is 11.6 Å². The second-order valence-electron chi connectivity index (χ2n) is 6.09. The van der Waals surface area contributed by atoms with E-state index in [-0.39, 0.29) is 17.1 Å². The Morgan fingerprint density at radius 2 is 1.88 bits per heavy atom. The molecule has 0 aromatic carbocycles. The third-order valence-electron chi connectivity index (χ3n) is 4.60. The van der Waals surface area contributed by atoms with E-state index in [4.69, 9.17) is 0 Å². The molecule has 3 aromatic heterocycles. The van der Waals surface area contributed by atoms with Gasteiger partial charge in [-0.3, -0.25) is 9.59 Å². The van der Waals surface area contributed by atoms with Gasteiger partial charge < -0.3 is 4.57 Å². The van der Waals surface area contributed by atoms with E-state index in [2.05, 4.69) is 4.98 Å². The second-order valence-corrected chi connectivity index (χ2v) is 6.84. The number of allylic oxidation sites excluding steroid dienone is 6. The summed E-state index contributed by atoms with van der Waals surface area (Å²) in [4.78, 5) is 29.2. The van der Waals surface area contributed by atoms with Crippen molar-refractivity contribution < 1.29 is 9.59 Å². The third-order valence-corrected chi connectivity index (χ3v) is 5.35. The van der Waals surface area contributed by atoms with Crippen LogP contribution in [-0.2, 0) is 0 Å². The molecule has 3 heterocycles. The largest absolute Gasteiger partial charge is 0.305 e. The molecule has 0 fully saturated rings. The molecule has 3 aromatic rings. The normalized spacial score (nSPS) is 16.4. The number of fused-ring (bicyclic) bond motifs is 2. The molecule has 0 bridgehead atoms. The fraction of sp³-hybridized carbons (Fsp3) is 0.0500. The SMILES string of the molecule is O=C1C(=CC2=CC=C(n3ccc4cccnc43)C2)C(=O)c2cscc21. The van der Waals surface area contributed by atoms with Gasteiger partial charge >= 0.3 is 0 Å². The molecule has 120 valence electrons. The number of rotatable bonds is 2. The monoisotopic (exact) mass is 344 g/mol. The standard InChI is InChI=1S/C20H12N2O2S/c23-18-15(19(24)17-11-25-10-16(17)18)9-12-3-4-14(8-12)22-7-5-13-2-1-6-21-20(13)22/h1-7,9-11H,8H2. The summed E-state index contributed by atoms with van der Waals surface area (Å²) in [5, 5.41) is 4.59. The van der Waals surface area contributed by atoms with Gasteiger partial charge in [0, 0.05) is 51.8 Å². The molecule has 0 radical (unpaired) electrons. The minimum Gasteiger partial charge on any atom is -0.305 e. The summed E-state index contributed by atoms with van der Waals surface area (Å²) in [6.45, 7) is 0. The van der Waals surface area contributed by atoms with Crippen molar-refractivity contribution in [3.8, 4) is 0 Å². The molecule has 0 atom stereocenters. The maximum Gasteiger partial charge on any atom is 0.198 e. The fourth-order valence-corrected chi connectivity index (χ4v) is 4.16. The number of Topliss-reactive ketones (excluding diaryl/α,β-unsaturated/α-hetero) is 2. The molecule has 0 aliphatic heterocycles. The van der Waals surface area contributed by atoms with E-state index in [1.165, 1.54) is 11.3 Å². The van der Waals surface area contributed by atoms with Crippen molar-refractivity contribution in [3.63, 3.8) is 0 Å². The Morgan fingerprint density at radius 1 is 1.08 bits per heavy atom. The Morgan fingerprint density at radius 3 is 2.68 bits per heavy atom. The van der Waals surface area contributed by atoms with Gasteiger partial charge in [-0.15, -0.1) is 0 Å². The van der Waals surface area contributed by atoms with E-state index in [0.717, 1.165) is 22.3 Å². The molecule has 5 heteroatoms. The minimum atomic E-state index is -0.163. The molecule has 0 N–H and O–H groups in total. The number of hydrogen-bond acceptors (Lipinski definition) is 4. The van der Waals surface area contributed by atoms with Crippen molar-refractivity contribution in [2.75, 3.05) is 0 Å². The van der Waals surface area contributed by atoms with Crippen molar-refractivity contribution >= 4 is 39.6 Å². The van der Waals surface area contributed by atoms with Crippen LogP contribution in [0.25, 0.3) is 16.7 Å². The predicted octanol–water partition coefficient (Wildman–Crippen LogP) is 4.27. The molecule has 0 saturated heterocycles. The van der Waals surface area contributed by atoms with E-state index in [0.29, 0.717) is 17.5 Å². The first-order valence-corrected chi connectivity index (χ1v) is 8.86. The van der Waals surface area contributed by atoms with E-state index >= 15 is 0 Å². The topological polar surface area (TPSA) is 52.0 Å². The molecule has 5 rings (SSSR count). The summed E-state index contributed by atoms with van der Waals surface area (Å²) in [7, 11) is 0. The van der Waals surface area contributed by atoms with Crippen LogP contribution >= 0.6 is 11.3 Å². The average molecular weight is 344 g/mol. The molecule has 2 aliphatic carbocycles. The van der Waals surface area contributed by atoms with E-state index in [9.17, 15) is 9.59 Å². The highest BCUT2D eigenvalue weighted by molar-refractivity contribution is 7.08. The van der Waals surface area contributed by atoms with Crippen LogP contribution in [0.3, 0.4) is 0 Å². The molecule has 0 unspecified atom stereocenters. The van der Waals surface area contributed by atoms with E-state index in [1.54, 1.807) is 23.0 Å². The molecular weight excluding hydrogens is 332 g/mol. The lowest BCUT2D eigenvalue weighted by Crippen LogP contribution is -2.02. The van der Waals surface area contributed by atoms with Crippen LogP contribution in [0, 0.1) is 0 Å². The van der Waals surface area contributed by atoms with Gasteiger partial charge in [0.1, 0.15) is 5.65 Å². The third kappa shape index (κ3) is 2.09. The maximum absolute atomic E-state index is 12.4. The first-order chi connectivity index (χ1) is 12.2. The summed E-state index contributed by atoms with van der Waals surface area (Å²) in [6, 6.07) is 5.97. The number of thiophene rings is 1. The first kappa shape index (κ1) is 14.3. The van der Waals surface area contributed by atoms with Gasteiger partial charge in [0.05, 0.1) is 5.57 Å². The van der Waals surface area contributed by atoms with Crippen LogP contribution in [0.4, 0.5) is 0 Å². The van der Waals surface area contributed by atoms with Crippen molar-refractivity contribution in [2.24, 2.45) is 0 Å². The van der Waals surface area contributed by atoms with Gasteiger partial charge in [-0.2, -0.15) is 11.3 Å². The van der Waals surface area contributed by atoms with Gasteiger partial charge in [0.25, 0.3) is 0 Å². The second kappa shape index (κ2) is 5.22. The van der Waals surface area contributed by atoms with Gasteiger partial charge in [0.2, 0.25) is 0 Å². The Kier molecular flexibility index (Phi) is 2.99. The lowest BCUT2D eigenvalue weighted by atomic mass is 10.1. The summed E-state index contributed by atoms with van der Waals surface area (Å²) in [5.74, 6) is -0.327. The molecule has 0 spiro atoms. The molecule has 0 saturated carbocycles. The maximum atomic E-state index is 12.4. The summed E-state index contributed by atoms with van der Waals surface area (Å²) < 4.78 is 2.05. The number of carbonyl (C=O) groups excluding carboxylic acids is 2. The Labute approximate surface area is 147 Å². The van der Waals surface area contributed by atoms with Gasteiger partial charge in [-0.25, -0.2) is 4.98 Å². The number of nitrogens with zero attached hydrogens (tertiary/aromatic N) is 2. The molecule has 4 nitrogen and oxygen atoms in total. The van der Waals surface area contributed by atoms with Gasteiger partial charge in [-0.1, -0.05) is 6.08 Å². The van der Waals surface area contributed by atoms with Crippen molar-refractivity contribution in [2.45, 2.75) is 6.42 Å². The summed E-state index contributed by atoms with van der Waals surface area (Å²) >= 11 is 1.39. The smallest absolute Gasteiger partial charge is 0.198 e. The minimum absolute atomic E-state index is 0.163. The summed E-state index contributed by atoms with van der Waals surface area (Å²) in [6.07, 6.45) is 10.1. The fourth-order valence-electron chi connectivity index (χ4n) is 3.35. The quantitative estimate of drug-likeness (QED) is 0.515. The zero-order valence-corrected chi connectivity index (χ0v) is 13.9. The Hall–Kier alpha value is -3.05. The van der Waals surface area contributed by atoms with Crippen LogP contribution in [0.15, 0.2) is 70.7 Å². The highest BCUT2D eigenvalue weighted by Crippen LogP contribution is 2.33. The first-order valence-electron chi connectivity index (χ1n) is 7.92. The van der Waals surface area contributed by atoms with Crippen LogP contribution in [0.5, 0.6) is 0 Å². The lowest BCUT2D eigenvalue weighted by Gasteiger charge is -2.06. The van der Waals surface area contributed by atoms with Crippen molar-refractivity contribution in [1.29, 1.82) is 0 Å². The van der Waals surface area contributed by atoms with Crippen LogP contribution in [-0.4, -0.2) is 21.1 Å². The molecule has 0 amide bonds. The average Bonchev–Trinajstić information content (AvgIpc) is 3.38. The van der Waals surface area contributed by atoms with Gasteiger partial charge in [-0.05, 0) is 35.9 Å². The highest BCUT2D eigenvalue weighted by Gasteiger charge is 2.34. The van der Waals surface area contributed by atoms with Crippen LogP contribution in [0.2, 0.25) is 0 Å². The van der Waals surface area contributed by atoms with E-state index < -0.39 is 0 Å². The highest BCUT2D eigenvalue weighted by atomic mass is 32.1. The predicted molar refractivity (Wildman–Crippen MR) is 97.8 cm³/mol. The van der Waals surface area contributed by atoms with Crippen LogP contribution in [0.1, 0.15) is 27.1 Å². The Balaban J connectivity index is 1.43. The van der Waals surface area contributed by atoms with Crippen molar-refractivity contribution in [1.82, 2.24) is 9.55 Å². The number of pyridine rings is 1. The lowest BCUT2D eigenvalue weighted by molar-refractivity contribution is 0.0988. The number of ketones is 2. The molecular formula is C20H12N2O2S. The zero-order chi connectivity index (χ0) is 17.0. The Bertz CT molecular complexity index is 1120. The van der Waals surface area contributed by atoms with E-state index in [1.807, 2.05) is 41.1 Å². The van der Waals surface area contributed by atoms with Crippen molar-refractivity contribution in [3.05, 3.63) is 81.9 Å². The zero-order valence-electron chi connectivity index (χ0n) is 13.1. The number of hydrogen-bond donors (Lipinski definition) is 0. The van der Waals surface area contributed by atoms with Crippen LogP contribution < -0.4 is 0 Å². The number of carbonyl (C=O) groups is 2.